The first-order chi connectivity index (χ1) is 11.4. The molecule has 2 rings (SSSR count). The summed E-state index contributed by atoms with van der Waals surface area (Å²) in [6.45, 7) is 2.16. The molecule has 1 saturated carbocycles. The van der Waals surface area contributed by atoms with E-state index < -0.39 is 15.8 Å². The van der Waals surface area contributed by atoms with Crippen LogP contribution in [0.25, 0.3) is 0 Å². The molecule has 0 aliphatic heterocycles. The third-order valence-corrected chi connectivity index (χ3v) is 7.31. The molecule has 1 aliphatic rings. The molecule has 0 spiro atoms. The lowest BCUT2D eigenvalue weighted by molar-refractivity contribution is 0.299. The van der Waals surface area contributed by atoms with Crippen LogP contribution in [0, 0.1) is 11.3 Å². The number of ether oxygens (including phenoxy) is 1. The molecule has 24 heavy (non-hydrogen) atoms. The fraction of sp³-hybridized carbons (Fsp3) is 0.611. The largest absolute Gasteiger partial charge is 0.481 e. The molecule has 1 unspecified atom stereocenters. The van der Waals surface area contributed by atoms with Gasteiger partial charge in [0.2, 0.25) is 0 Å². The zero-order chi connectivity index (χ0) is 17.6. The Kier molecular flexibility index (Phi) is 7.11. The topological polar surface area (TPSA) is 67.2 Å². The van der Waals surface area contributed by atoms with E-state index in [4.69, 9.17) is 21.7 Å². The Bertz CT molecular complexity index is 654. The predicted molar refractivity (Wildman–Crippen MR) is 98.7 cm³/mol. The van der Waals surface area contributed by atoms with E-state index in [1.165, 1.54) is 0 Å². The van der Waals surface area contributed by atoms with Crippen LogP contribution >= 0.6 is 11.6 Å². The smallest absolute Gasteiger partial charge is 0.184 e. The highest BCUT2D eigenvalue weighted by atomic mass is 35.5. The quantitative estimate of drug-likeness (QED) is 0.575. The van der Waals surface area contributed by atoms with E-state index in [1.54, 1.807) is 13.0 Å². The maximum Gasteiger partial charge on any atom is 0.184 e. The Labute approximate surface area is 150 Å². The molecule has 0 heterocycles. The Morgan fingerprint density at radius 2 is 1.96 bits per heavy atom. The molecule has 1 fully saturated rings. The molecule has 0 saturated heterocycles. The maximum absolute atomic E-state index is 12.8. The summed E-state index contributed by atoms with van der Waals surface area (Å²) in [5.74, 6) is -0.490. The highest BCUT2D eigenvalue weighted by molar-refractivity contribution is 7.92. The second-order valence-corrected chi connectivity index (χ2v) is 9.11. The van der Waals surface area contributed by atoms with E-state index in [9.17, 15) is 8.42 Å². The summed E-state index contributed by atoms with van der Waals surface area (Å²) in [6.07, 6.45) is 4.95. The standard InChI is InChI=1S/C18H26ClNO3S/c1-2-23-18(20)15(12-14-8-6-7-11-17(14)19)13-24(21,22)16-9-4-3-5-10-16/h6-8,11,15-16,20H,2-5,9-10,12-13H2,1H3. The van der Waals surface area contributed by atoms with Gasteiger partial charge in [-0.05, 0) is 37.8 Å². The van der Waals surface area contributed by atoms with Crippen LogP contribution in [0.4, 0.5) is 0 Å². The molecule has 0 bridgehead atoms. The molecular weight excluding hydrogens is 346 g/mol. The van der Waals surface area contributed by atoms with Gasteiger partial charge in [0.25, 0.3) is 0 Å². The van der Waals surface area contributed by atoms with Gasteiger partial charge in [0.1, 0.15) is 0 Å². The lowest BCUT2D eigenvalue weighted by Gasteiger charge is -2.25. The number of benzene rings is 1. The molecule has 1 aromatic carbocycles. The fourth-order valence-corrected chi connectivity index (χ4v) is 5.64. The van der Waals surface area contributed by atoms with Crippen LogP contribution in [0.2, 0.25) is 5.02 Å². The third kappa shape index (κ3) is 5.21. The van der Waals surface area contributed by atoms with Gasteiger partial charge in [-0.1, -0.05) is 49.1 Å². The second kappa shape index (κ2) is 8.86. The summed E-state index contributed by atoms with van der Waals surface area (Å²) < 4.78 is 30.9. The number of rotatable bonds is 7. The van der Waals surface area contributed by atoms with Crippen molar-refractivity contribution in [2.75, 3.05) is 12.4 Å². The monoisotopic (exact) mass is 371 g/mol. The number of hydrogen-bond acceptors (Lipinski definition) is 4. The van der Waals surface area contributed by atoms with Gasteiger partial charge in [0.15, 0.2) is 15.7 Å². The molecule has 0 radical (unpaired) electrons. The highest BCUT2D eigenvalue weighted by Crippen LogP contribution is 2.27. The van der Waals surface area contributed by atoms with Gasteiger partial charge in [-0.3, -0.25) is 5.41 Å². The van der Waals surface area contributed by atoms with Crippen molar-refractivity contribution < 1.29 is 13.2 Å². The van der Waals surface area contributed by atoms with E-state index in [-0.39, 0.29) is 16.9 Å². The lowest BCUT2D eigenvalue weighted by atomic mass is 10.0. The van der Waals surface area contributed by atoms with E-state index in [2.05, 4.69) is 0 Å². The minimum absolute atomic E-state index is 0.0387. The summed E-state index contributed by atoms with van der Waals surface area (Å²) in [5, 5.41) is 8.46. The zero-order valence-corrected chi connectivity index (χ0v) is 15.7. The van der Waals surface area contributed by atoms with Crippen molar-refractivity contribution in [1.29, 1.82) is 5.41 Å². The van der Waals surface area contributed by atoms with Crippen LogP contribution < -0.4 is 0 Å². The Morgan fingerprint density at radius 3 is 2.58 bits per heavy atom. The Morgan fingerprint density at radius 1 is 1.29 bits per heavy atom. The summed E-state index contributed by atoms with van der Waals surface area (Å²) in [7, 11) is -3.24. The molecule has 0 amide bonds. The highest BCUT2D eigenvalue weighted by Gasteiger charge is 2.32. The van der Waals surface area contributed by atoms with E-state index in [1.807, 2.05) is 18.2 Å². The van der Waals surface area contributed by atoms with Crippen molar-refractivity contribution in [1.82, 2.24) is 0 Å². The average molecular weight is 372 g/mol. The van der Waals surface area contributed by atoms with E-state index in [0.717, 1.165) is 37.7 Å². The van der Waals surface area contributed by atoms with Crippen molar-refractivity contribution in [2.45, 2.75) is 50.7 Å². The van der Waals surface area contributed by atoms with Gasteiger partial charge in [-0.25, -0.2) is 8.42 Å². The van der Waals surface area contributed by atoms with E-state index >= 15 is 0 Å². The van der Waals surface area contributed by atoms with Crippen molar-refractivity contribution in [3.05, 3.63) is 34.9 Å². The summed E-state index contributed by atoms with van der Waals surface area (Å²) in [6, 6.07) is 7.38. The first-order valence-electron chi connectivity index (χ1n) is 8.60. The van der Waals surface area contributed by atoms with Gasteiger partial charge >= 0.3 is 0 Å². The summed E-state index contributed by atoms with van der Waals surface area (Å²) >= 11 is 6.21. The van der Waals surface area contributed by atoms with Gasteiger partial charge in [-0.2, -0.15) is 0 Å². The normalized spacial score (nSPS) is 17.4. The van der Waals surface area contributed by atoms with Gasteiger partial charge < -0.3 is 4.74 Å². The second-order valence-electron chi connectivity index (χ2n) is 6.38. The first kappa shape index (κ1) is 19.3. The maximum atomic E-state index is 12.8. The molecule has 1 aromatic rings. The number of halogens is 1. The summed E-state index contributed by atoms with van der Waals surface area (Å²) in [4.78, 5) is 0. The molecule has 134 valence electrons. The molecule has 6 heteroatoms. The van der Waals surface area contributed by atoms with Crippen molar-refractivity contribution >= 4 is 27.3 Å². The minimum atomic E-state index is -3.24. The average Bonchev–Trinajstić information content (AvgIpc) is 2.57. The number of sulfone groups is 1. The zero-order valence-electron chi connectivity index (χ0n) is 14.1. The first-order valence-corrected chi connectivity index (χ1v) is 10.7. The van der Waals surface area contributed by atoms with Gasteiger partial charge in [0.05, 0.1) is 23.5 Å². The summed E-state index contributed by atoms with van der Waals surface area (Å²) in [5.41, 5.74) is 0.854. The van der Waals surface area contributed by atoms with Crippen LogP contribution in [-0.4, -0.2) is 31.9 Å². The van der Waals surface area contributed by atoms with Crippen LogP contribution in [0.1, 0.15) is 44.6 Å². The lowest BCUT2D eigenvalue weighted by Crippen LogP contribution is -2.34. The minimum Gasteiger partial charge on any atom is -0.481 e. The third-order valence-electron chi connectivity index (χ3n) is 4.59. The number of hydrogen-bond donors (Lipinski definition) is 1. The van der Waals surface area contributed by atoms with Crippen molar-refractivity contribution in [3.8, 4) is 0 Å². The van der Waals surface area contributed by atoms with Crippen LogP contribution in [0.5, 0.6) is 0 Å². The van der Waals surface area contributed by atoms with Crippen molar-refractivity contribution in [3.63, 3.8) is 0 Å². The molecule has 1 aliphatic carbocycles. The molecular formula is C18H26ClNO3S. The Hall–Kier alpha value is -1.07. The SMILES string of the molecule is CCOC(=N)C(Cc1ccccc1Cl)CS(=O)(=O)C1CCCCC1. The van der Waals surface area contributed by atoms with Crippen LogP contribution in [0.3, 0.4) is 0 Å². The molecule has 0 aromatic heterocycles. The van der Waals surface area contributed by atoms with Crippen molar-refractivity contribution in [2.24, 2.45) is 5.92 Å². The Balaban J connectivity index is 2.16. The molecule has 1 atom stereocenters. The van der Waals surface area contributed by atoms with Crippen LogP contribution in [-0.2, 0) is 21.0 Å². The van der Waals surface area contributed by atoms with Gasteiger partial charge in [0, 0.05) is 5.02 Å². The fourth-order valence-electron chi connectivity index (χ4n) is 3.27. The predicted octanol–water partition coefficient (Wildman–Crippen LogP) is 4.26. The number of nitrogens with one attached hydrogen (secondary N) is 1. The molecule has 4 nitrogen and oxygen atoms in total. The van der Waals surface area contributed by atoms with Crippen LogP contribution in [0.15, 0.2) is 24.3 Å². The van der Waals surface area contributed by atoms with E-state index in [0.29, 0.717) is 18.1 Å². The molecule has 1 N–H and O–H groups in total. The van der Waals surface area contributed by atoms with Gasteiger partial charge in [-0.15, -0.1) is 0 Å².